The molecule has 4 heteroatoms. The standard InChI is InChI=1S/C10H8Br2S2/c11-8(6-7-2-1-5-13-7)9-3-4-10(12)14-9/h1-5,8H,6H2. The first-order valence-electron chi connectivity index (χ1n) is 4.17. The summed E-state index contributed by atoms with van der Waals surface area (Å²) in [5, 5.41) is 2.12. The summed E-state index contributed by atoms with van der Waals surface area (Å²) in [6.07, 6.45) is 1.07. The molecule has 2 aromatic heterocycles. The lowest BCUT2D eigenvalue weighted by Crippen LogP contribution is -1.89. The van der Waals surface area contributed by atoms with Crippen LogP contribution in [0.15, 0.2) is 33.4 Å². The van der Waals surface area contributed by atoms with Gasteiger partial charge in [-0.15, -0.1) is 22.7 Å². The van der Waals surface area contributed by atoms with Gasteiger partial charge in [0.2, 0.25) is 0 Å². The van der Waals surface area contributed by atoms with E-state index >= 15 is 0 Å². The summed E-state index contributed by atoms with van der Waals surface area (Å²) in [7, 11) is 0. The lowest BCUT2D eigenvalue weighted by atomic mass is 10.2. The van der Waals surface area contributed by atoms with Crippen LogP contribution in [0.3, 0.4) is 0 Å². The monoisotopic (exact) mass is 350 g/mol. The summed E-state index contributed by atoms with van der Waals surface area (Å²) < 4.78 is 1.20. The van der Waals surface area contributed by atoms with Crippen LogP contribution in [-0.2, 0) is 6.42 Å². The lowest BCUT2D eigenvalue weighted by molar-refractivity contribution is 0.992. The molecule has 0 N–H and O–H groups in total. The number of hydrogen-bond donors (Lipinski definition) is 0. The zero-order chi connectivity index (χ0) is 9.97. The SMILES string of the molecule is Brc1ccc(C(Br)Cc2cccs2)s1. The first-order chi connectivity index (χ1) is 6.75. The highest BCUT2D eigenvalue weighted by atomic mass is 79.9. The molecule has 14 heavy (non-hydrogen) atoms. The number of halogens is 2. The van der Waals surface area contributed by atoms with Crippen LogP contribution in [0.2, 0.25) is 0 Å². The molecular weight excluding hydrogens is 344 g/mol. The molecule has 0 nitrogen and oxygen atoms in total. The minimum absolute atomic E-state index is 0.442. The number of alkyl halides is 1. The van der Waals surface area contributed by atoms with E-state index in [0.29, 0.717) is 4.83 Å². The molecule has 0 saturated heterocycles. The van der Waals surface area contributed by atoms with Gasteiger partial charge < -0.3 is 0 Å². The summed E-state index contributed by atoms with van der Waals surface area (Å²) in [4.78, 5) is 3.25. The Labute approximate surface area is 108 Å². The molecule has 2 aromatic rings. The Kier molecular flexibility index (Phi) is 3.82. The number of rotatable bonds is 3. The van der Waals surface area contributed by atoms with Crippen molar-refractivity contribution in [1.29, 1.82) is 0 Å². The van der Waals surface area contributed by atoms with Gasteiger partial charge in [-0.1, -0.05) is 22.0 Å². The Hall–Kier alpha value is 0.360. The summed E-state index contributed by atoms with van der Waals surface area (Å²) in [5.74, 6) is 0. The molecule has 2 heterocycles. The molecule has 2 rings (SSSR count). The van der Waals surface area contributed by atoms with Crippen molar-refractivity contribution in [3.8, 4) is 0 Å². The Balaban J connectivity index is 2.06. The topological polar surface area (TPSA) is 0 Å². The van der Waals surface area contributed by atoms with E-state index in [1.807, 2.05) is 11.3 Å². The predicted molar refractivity (Wildman–Crippen MR) is 71.7 cm³/mol. The van der Waals surface area contributed by atoms with Gasteiger partial charge in [0.25, 0.3) is 0 Å². The van der Waals surface area contributed by atoms with Gasteiger partial charge in [-0.05, 0) is 45.9 Å². The maximum atomic E-state index is 3.72. The summed E-state index contributed by atoms with van der Waals surface area (Å²) in [6, 6.07) is 8.55. The highest BCUT2D eigenvalue weighted by molar-refractivity contribution is 9.11. The molecule has 1 unspecified atom stereocenters. The fourth-order valence-electron chi connectivity index (χ4n) is 1.20. The zero-order valence-corrected chi connectivity index (χ0v) is 12.0. The molecule has 0 fully saturated rings. The van der Waals surface area contributed by atoms with Crippen molar-refractivity contribution < 1.29 is 0 Å². The van der Waals surface area contributed by atoms with Gasteiger partial charge in [0.15, 0.2) is 0 Å². The molecule has 0 aliphatic carbocycles. The third-order valence-electron chi connectivity index (χ3n) is 1.86. The van der Waals surface area contributed by atoms with Gasteiger partial charge in [0, 0.05) is 9.75 Å². The van der Waals surface area contributed by atoms with Crippen molar-refractivity contribution in [3.05, 3.63) is 43.2 Å². The zero-order valence-electron chi connectivity index (χ0n) is 7.24. The average Bonchev–Trinajstić information content (AvgIpc) is 2.75. The Morgan fingerprint density at radius 2 is 2.14 bits per heavy atom. The van der Waals surface area contributed by atoms with Crippen LogP contribution in [0.25, 0.3) is 0 Å². The second kappa shape index (κ2) is 4.92. The largest absolute Gasteiger partial charge is 0.149 e. The first-order valence-corrected chi connectivity index (χ1v) is 7.58. The van der Waals surface area contributed by atoms with Crippen LogP contribution < -0.4 is 0 Å². The minimum atomic E-state index is 0.442. The van der Waals surface area contributed by atoms with Crippen LogP contribution >= 0.6 is 54.5 Å². The van der Waals surface area contributed by atoms with Gasteiger partial charge >= 0.3 is 0 Å². The van der Waals surface area contributed by atoms with E-state index in [9.17, 15) is 0 Å². The molecule has 0 spiro atoms. The molecule has 0 aromatic carbocycles. The molecule has 0 amide bonds. The molecule has 1 atom stereocenters. The molecule has 0 aliphatic heterocycles. The van der Waals surface area contributed by atoms with Crippen molar-refractivity contribution in [3.63, 3.8) is 0 Å². The number of hydrogen-bond acceptors (Lipinski definition) is 2. The fourth-order valence-corrected chi connectivity index (χ4v) is 4.35. The fraction of sp³-hybridized carbons (Fsp3) is 0.200. The van der Waals surface area contributed by atoms with Crippen LogP contribution in [0.1, 0.15) is 14.6 Å². The van der Waals surface area contributed by atoms with E-state index in [1.54, 1.807) is 11.3 Å². The van der Waals surface area contributed by atoms with Crippen molar-refractivity contribution >= 4 is 54.5 Å². The quantitative estimate of drug-likeness (QED) is 0.662. The maximum Gasteiger partial charge on any atom is 0.0701 e. The second-order valence-corrected chi connectivity index (χ2v) is 7.53. The predicted octanol–water partition coefficient (Wildman–Crippen LogP) is 5.25. The van der Waals surface area contributed by atoms with E-state index in [0.717, 1.165) is 6.42 Å². The van der Waals surface area contributed by atoms with Crippen LogP contribution in [0.5, 0.6) is 0 Å². The van der Waals surface area contributed by atoms with E-state index in [1.165, 1.54) is 13.5 Å². The number of thiophene rings is 2. The van der Waals surface area contributed by atoms with E-state index < -0.39 is 0 Å². The Morgan fingerprint density at radius 3 is 2.71 bits per heavy atom. The molecule has 0 aliphatic rings. The van der Waals surface area contributed by atoms with Crippen LogP contribution in [0.4, 0.5) is 0 Å². The van der Waals surface area contributed by atoms with Gasteiger partial charge in [0.1, 0.15) is 0 Å². The van der Waals surface area contributed by atoms with Crippen LogP contribution in [0, 0.1) is 0 Å². The maximum absolute atomic E-state index is 3.72. The van der Waals surface area contributed by atoms with Gasteiger partial charge in [-0.2, -0.15) is 0 Å². The van der Waals surface area contributed by atoms with Crippen molar-refractivity contribution in [1.82, 2.24) is 0 Å². The minimum Gasteiger partial charge on any atom is -0.149 e. The molecular formula is C10H8Br2S2. The highest BCUT2D eigenvalue weighted by Gasteiger charge is 2.11. The summed E-state index contributed by atoms with van der Waals surface area (Å²) >= 11 is 10.8. The molecule has 74 valence electrons. The van der Waals surface area contributed by atoms with Gasteiger partial charge in [-0.25, -0.2) is 0 Å². The first kappa shape index (κ1) is 10.9. The third-order valence-corrected chi connectivity index (χ3v) is 5.62. The van der Waals surface area contributed by atoms with Gasteiger partial charge in [-0.3, -0.25) is 0 Å². The lowest BCUT2D eigenvalue weighted by Gasteiger charge is -2.04. The van der Waals surface area contributed by atoms with Crippen molar-refractivity contribution in [2.24, 2.45) is 0 Å². The molecule has 0 saturated carbocycles. The Morgan fingerprint density at radius 1 is 1.29 bits per heavy atom. The summed E-state index contributed by atoms with van der Waals surface area (Å²) in [5.41, 5.74) is 0. The normalized spacial score (nSPS) is 13.0. The Bertz CT molecular complexity index is 392. The van der Waals surface area contributed by atoms with E-state index in [-0.39, 0.29) is 0 Å². The summed E-state index contributed by atoms with van der Waals surface area (Å²) in [6.45, 7) is 0. The van der Waals surface area contributed by atoms with Crippen molar-refractivity contribution in [2.45, 2.75) is 11.2 Å². The van der Waals surface area contributed by atoms with Gasteiger partial charge in [0.05, 0.1) is 8.61 Å². The average molecular weight is 352 g/mol. The van der Waals surface area contributed by atoms with E-state index in [2.05, 4.69) is 61.5 Å². The molecule has 0 bridgehead atoms. The smallest absolute Gasteiger partial charge is 0.0701 e. The molecule has 0 radical (unpaired) electrons. The highest BCUT2D eigenvalue weighted by Crippen LogP contribution is 2.35. The second-order valence-electron chi connectivity index (χ2n) is 2.89. The van der Waals surface area contributed by atoms with E-state index in [4.69, 9.17) is 0 Å². The van der Waals surface area contributed by atoms with Crippen LogP contribution in [-0.4, -0.2) is 0 Å². The third kappa shape index (κ3) is 2.69. The van der Waals surface area contributed by atoms with Crippen molar-refractivity contribution in [2.75, 3.05) is 0 Å².